The molecule has 9 rings (SSSR count). The molecule has 1 aliphatic heterocycles. The minimum Gasteiger partial charge on any atom is -0.342 e. The first-order chi connectivity index (χ1) is 22.2. The van der Waals surface area contributed by atoms with E-state index in [2.05, 4.69) is 149 Å². The van der Waals surface area contributed by atoms with Crippen molar-refractivity contribution in [3.63, 3.8) is 0 Å². The van der Waals surface area contributed by atoms with E-state index in [1.54, 1.807) is 0 Å². The van der Waals surface area contributed by atoms with Crippen LogP contribution in [0.4, 0.5) is 0 Å². The van der Waals surface area contributed by atoms with E-state index in [0.717, 1.165) is 39.2 Å². The second-order valence-corrected chi connectivity index (χ2v) is 11.7. The maximum Gasteiger partial charge on any atom is 0.234 e. The van der Waals surface area contributed by atoms with Crippen LogP contribution in [0.2, 0.25) is 0 Å². The molecule has 5 nitrogen and oxygen atoms in total. The fraction of sp³-hybridized carbons (Fsp3) is 0.0500. The normalized spacial score (nSPS) is 16.6. The highest BCUT2D eigenvalue weighted by molar-refractivity contribution is 6.22. The Morgan fingerprint density at radius 1 is 0.511 bits per heavy atom. The molecule has 1 unspecified atom stereocenters. The number of rotatable bonds is 3. The maximum absolute atomic E-state index is 5.38. The van der Waals surface area contributed by atoms with Gasteiger partial charge in [-0.15, -0.1) is 0 Å². The maximum atomic E-state index is 5.38. The molecule has 214 valence electrons. The van der Waals surface area contributed by atoms with Gasteiger partial charge in [-0.05, 0) is 48.9 Å². The predicted octanol–water partition coefficient (Wildman–Crippen LogP) is 9.02. The van der Waals surface area contributed by atoms with Crippen molar-refractivity contribution in [1.82, 2.24) is 14.5 Å². The highest BCUT2D eigenvalue weighted by Gasteiger charge is 2.33. The van der Waals surface area contributed by atoms with Gasteiger partial charge in [0.15, 0.2) is 5.66 Å². The van der Waals surface area contributed by atoms with E-state index in [4.69, 9.17) is 9.98 Å². The van der Waals surface area contributed by atoms with E-state index in [0.29, 0.717) is 5.96 Å². The van der Waals surface area contributed by atoms with Crippen LogP contribution in [0.1, 0.15) is 18.1 Å². The summed E-state index contributed by atoms with van der Waals surface area (Å²) in [4.78, 5) is 10.6. The zero-order valence-electron chi connectivity index (χ0n) is 24.7. The summed E-state index contributed by atoms with van der Waals surface area (Å²) in [6.45, 7) is 2.12. The van der Waals surface area contributed by atoms with Crippen LogP contribution in [0.15, 0.2) is 162 Å². The number of nitrogens with zero attached hydrogens (tertiary/aromatic N) is 4. The molecule has 0 bridgehead atoms. The lowest BCUT2D eigenvalue weighted by molar-refractivity contribution is 0.452. The number of aromatic nitrogens is 2. The van der Waals surface area contributed by atoms with Crippen molar-refractivity contribution in [1.29, 1.82) is 0 Å². The number of amidine groups is 1. The van der Waals surface area contributed by atoms with E-state index in [-0.39, 0.29) is 0 Å². The second-order valence-electron chi connectivity index (χ2n) is 11.7. The summed E-state index contributed by atoms with van der Waals surface area (Å²) in [6.07, 6.45) is 0. The van der Waals surface area contributed by atoms with Crippen LogP contribution in [0.5, 0.6) is 0 Å². The highest BCUT2D eigenvalue weighted by atomic mass is 15.3. The van der Waals surface area contributed by atoms with Crippen molar-refractivity contribution < 1.29 is 0 Å². The molecule has 6 aromatic carbocycles. The van der Waals surface area contributed by atoms with Gasteiger partial charge < -0.3 is 9.88 Å². The lowest BCUT2D eigenvalue weighted by Crippen LogP contribution is -2.47. The standard InChI is InChI=1S/C40H29N5/c1-40(28-17-7-3-8-18-28)42-38(27-15-5-2-6-16-27)41-39(43-40)45-35-24-14-12-22-31(35)33-25-32-30-21-11-13-23-34(30)44(36(32)26-37(33)45)29-19-9-4-10-20-29/h2-26H,1H3,(H,41,42,43). The van der Waals surface area contributed by atoms with E-state index in [1.807, 2.05) is 24.3 Å². The smallest absolute Gasteiger partial charge is 0.234 e. The number of nitrogens with one attached hydrogen (secondary N) is 1. The summed E-state index contributed by atoms with van der Waals surface area (Å²) in [5, 5.41) is 8.47. The fourth-order valence-electron chi connectivity index (χ4n) is 6.85. The Labute approximate surface area is 260 Å². The van der Waals surface area contributed by atoms with Gasteiger partial charge in [0.2, 0.25) is 5.96 Å². The van der Waals surface area contributed by atoms with Crippen LogP contribution in [0, 0.1) is 0 Å². The van der Waals surface area contributed by atoms with Crippen LogP contribution >= 0.6 is 0 Å². The zero-order valence-corrected chi connectivity index (χ0v) is 24.7. The van der Waals surface area contributed by atoms with Gasteiger partial charge in [0, 0.05) is 32.8 Å². The van der Waals surface area contributed by atoms with Gasteiger partial charge in [-0.25, -0.2) is 4.99 Å². The highest BCUT2D eigenvalue weighted by Crippen LogP contribution is 2.39. The van der Waals surface area contributed by atoms with Crippen LogP contribution in [0.25, 0.3) is 49.3 Å². The molecule has 2 aromatic heterocycles. The average molecular weight is 580 g/mol. The first-order valence-electron chi connectivity index (χ1n) is 15.3. The minimum absolute atomic E-state index is 0.645. The van der Waals surface area contributed by atoms with Crippen molar-refractivity contribution in [2.24, 2.45) is 9.98 Å². The molecule has 8 aromatic rings. The van der Waals surface area contributed by atoms with Gasteiger partial charge in [0.1, 0.15) is 5.84 Å². The van der Waals surface area contributed by atoms with E-state index < -0.39 is 5.66 Å². The lowest BCUT2D eigenvalue weighted by atomic mass is 10.0. The van der Waals surface area contributed by atoms with Gasteiger partial charge in [-0.2, -0.15) is 4.99 Å². The molecule has 0 radical (unpaired) electrons. The quantitative estimate of drug-likeness (QED) is 0.223. The Kier molecular flexibility index (Phi) is 5.56. The molecule has 3 heterocycles. The Morgan fingerprint density at radius 3 is 1.71 bits per heavy atom. The molecular weight excluding hydrogens is 550 g/mol. The molecule has 0 amide bonds. The largest absolute Gasteiger partial charge is 0.342 e. The van der Waals surface area contributed by atoms with Gasteiger partial charge in [0.05, 0.1) is 22.1 Å². The Hall–Kier alpha value is -5.94. The molecule has 1 aliphatic rings. The average Bonchev–Trinajstić information content (AvgIpc) is 3.60. The summed E-state index contributed by atoms with van der Waals surface area (Å²) in [7, 11) is 0. The molecule has 0 spiro atoms. The predicted molar refractivity (Wildman–Crippen MR) is 187 cm³/mol. The summed E-state index contributed by atoms with van der Waals surface area (Å²) in [5.74, 6) is 1.43. The zero-order chi connectivity index (χ0) is 30.0. The topological polar surface area (TPSA) is 46.6 Å². The third-order valence-electron chi connectivity index (χ3n) is 8.96. The monoisotopic (exact) mass is 579 g/mol. The number of fused-ring (bicyclic) bond motifs is 6. The van der Waals surface area contributed by atoms with Crippen molar-refractivity contribution in [2.75, 3.05) is 0 Å². The van der Waals surface area contributed by atoms with Crippen LogP contribution in [-0.4, -0.2) is 20.9 Å². The lowest BCUT2D eigenvalue weighted by Gasteiger charge is -2.33. The first kappa shape index (κ1) is 25.5. The van der Waals surface area contributed by atoms with E-state index >= 15 is 0 Å². The Bertz CT molecular complexity index is 2450. The summed E-state index contributed by atoms with van der Waals surface area (Å²) >= 11 is 0. The molecule has 1 atom stereocenters. The summed E-state index contributed by atoms with van der Waals surface area (Å²) in [5.41, 5.74) is 6.95. The number of para-hydroxylation sites is 3. The third kappa shape index (κ3) is 3.94. The van der Waals surface area contributed by atoms with Gasteiger partial charge in [-0.3, -0.25) is 4.57 Å². The number of aliphatic imine (C=N–C) groups is 2. The minimum atomic E-state index is -0.732. The molecule has 0 saturated carbocycles. The molecule has 45 heavy (non-hydrogen) atoms. The van der Waals surface area contributed by atoms with E-state index in [1.165, 1.54) is 27.1 Å². The van der Waals surface area contributed by atoms with Crippen molar-refractivity contribution in [3.8, 4) is 5.69 Å². The molecule has 5 heteroatoms. The number of benzene rings is 6. The van der Waals surface area contributed by atoms with Crippen LogP contribution in [0.3, 0.4) is 0 Å². The molecular formula is C40H29N5. The van der Waals surface area contributed by atoms with Crippen LogP contribution in [-0.2, 0) is 5.66 Å². The van der Waals surface area contributed by atoms with Crippen molar-refractivity contribution in [3.05, 3.63) is 163 Å². The Balaban J connectivity index is 1.39. The molecule has 0 saturated heterocycles. The molecule has 0 aliphatic carbocycles. The number of hydrogen-bond acceptors (Lipinski definition) is 3. The Morgan fingerprint density at radius 2 is 1.04 bits per heavy atom. The third-order valence-corrected chi connectivity index (χ3v) is 8.96. The second kappa shape index (κ2) is 9.79. The van der Waals surface area contributed by atoms with Gasteiger partial charge in [-0.1, -0.05) is 115 Å². The van der Waals surface area contributed by atoms with Crippen molar-refractivity contribution >= 4 is 55.4 Å². The van der Waals surface area contributed by atoms with Gasteiger partial charge in [0.25, 0.3) is 0 Å². The van der Waals surface area contributed by atoms with Crippen LogP contribution < -0.4 is 5.32 Å². The summed E-state index contributed by atoms with van der Waals surface area (Å²) in [6, 6.07) is 53.2. The molecule has 0 fully saturated rings. The fourth-order valence-corrected chi connectivity index (χ4v) is 6.85. The van der Waals surface area contributed by atoms with Crippen molar-refractivity contribution in [2.45, 2.75) is 12.6 Å². The number of hydrogen-bond donors (Lipinski definition) is 1. The van der Waals surface area contributed by atoms with E-state index in [9.17, 15) is 0 Å². The molecule has 1 N–H and O–H groups in total. The SMILES string of the molecule is CC1(c2ccccc2)N=C(n2c3ccccc3c3cc4c5ccccc5n(-c5ccccc5)c4cc32)N=C(c2ccccc2)N1. The first-order valence-corrected chi connectivity index (χ1v) is 15.3. The summed E-state index contributed by atoms with van der Waals surface area (Å²) < 4.78 is 4.60. The van der Waals surface area contributed by atoms with Gasteiger partial charge >= 0.3 is 0 Å².